The molecule has 0 aliphatic carbocycles. The Kier molecular flexibility index (Phi) is 5.00. The summed E-state index contributed by atoms with van der Waals surface area (Å²) in [5.74, 6) is 2.41. The molecule has 2 aromatic rings. The van der Waals surface area contributed by atoms with Crippen molar-refractivity contribution in [2.45, 2.75) is 39.0 Å². The smallest absolute Gasteiger partial charge is 0.231 e. The number of fused-ring (bicyclic) bond motifs is 1. The Bertz CT molecular complexity index is 837. The molecule has 2 aliphatic rings. The standard InChI is InChI=1S/C20H23ClN2O4/c1-20(11-14-3-5-16-17(9-14)26-13-25-16)7-2-8-23(12-20)19(24)6-4-15-10-18(21)22-27-15/h3,5,9-10H,2,4,6-8,11-13H2,1H3/t20-/m0/s1. The average molecular weight is 391 g/mol. The van der Waals surface area contributed by atoms with Gasteiger partial charge in [-0.25, -0.2) is 0 Å². The van der Waals surface area contributed by atoms with Crippen LogP contribution in [0.5, 0.6) is 11.5 Å². The fourth-order valence-electron chi connectivity index (χ4n) is 4.01. The molecule has 6 nitrogen and oxygen atoms in total. The lowest BCUT2D eigenvalue weighted by Gasteiger charge is -2.41. The molecule has 1 fully saturated rings. The van der Waals surface area contributed by atoms with Gasteiger partial charge in [-0.1, -0.05) is 29.7 Å². The molecule has 3 heterocycles. The number of amides is 1. The molecule has 0 bridgehead atoms. The molecule has 0 radical (unpaired) electrons. The van der Waals surface area contributed by atoms with Gasteiger partial charge < -0.3 is 18.9 Å². The number of rotatable bonds is 5. The van der Waals surface area contributed by atoms with Crippen molar-refractivity contribution in [1.82, 2.24) is 10.1 Å². The van der Waals surface area contributed by atoms with Gasteiger partial charge in [0.15, 0.2) is 16.7 Å². The number of piperidine rings is 1. The van der Waals surface area contributed by atoms with E-state index in [1.165, 1.54) is 5.56 Å². The van der Waals surface area contributed by atoms with Crippen LogP contribution in [0.4, 0.5) is 0 Å². The van der Waals surface area contributed by atoms with E-state index < -0.39 is 0 Å². The molecule has 27 heavy (non-hydrogen) atoms. The van der Waals surface area contributed by atoms with E-state index in [-0.39, 0.29) is 18.1 Å². The SMILES string of the molecule is C[C@@]1(Cc2ccc3c(c2)OCO3)CCCN(C(=O)CCc2cc(Cl)no2)C1. The van der Waals surface area contributed by atoms with Crippen LogP contribution >= 0.6 is 11.6 Å². The van der Waals surface area contributed by atoms with Crippen molar-refractivity contribution in [2.24, 2.45) is 5.41 Å². The number of halogens is 1. The van der Waals surface area contributed by atoms with Crippen molar-refractivity contribution < 1.29 is 18.8 Å². The topological polar surface area (TPSA) is 64.8 Å². The van der Waals surface area contributed by atoms with Crippen molar-refractivity contribution in [2.75, 3.05) is 19.9 Å². The lowest BCUT2D eigenvalue weighted by atomic mass is 9.77. The van der Waals surface area contributed by atoms with Gasteiger partial charge in [0.25, 0.3) is 0 Å². The van der Waals surface area contributed by atoms with Crippen molar-refractivity contribution in [3.63, 3.8) is 0 Å². The Hall–Kier alpha value is -2.21. The molecule has 2 aliphatic heterocycles. The monoisotopic (exact) mass is 390 g/mol. The highest BCUT2D eigenvalue weighted by atomic mass is 35.5. The van der Waals surface area contributed by atoms with Gasteiger partial charge in [-0.3, -0.25) is 4.79 Å². The number of aromatic nitrogens is 1. The first-order valence-electron chi connectivity index (χ1n) is 9.28. The Labute approximate surface area is 163 Å². The number of benzene rings is 1. The Morgan fingerprint density at radius 1 is 1.30 bits per heavy atom. The molecular formula is C20H23ClN2O4. The molecule has 1 aromatic heterocycles. The van der Waals surface area contributed by atoms with Crippen LogP contribution < -0.4 is 9.47 Å². The van der Waals surface area contributed by atoms with E-state index in [0.717, 1.165) is 43.9 Å². The molecule has 7 heteroatoms. The third kappa shape index (κ3) is 4.21. The maximum atomic E-state index is 12.7. The average Bonchev–Trinajstić information content (AvgIpc) is 3.27. The number of hydrogen-bond acceptors (Lipinski definition) is 5. The second-order valence-corrected chi connectivity index (χ2v) is 8.10. The molecule has 4 rings (SSSR count). The van der Waals surface area contributed by atoms with Crippen LogP contribution in [0.15, 0.2) is 28.8 Å². The molecule has 0 spiro atoms. The molecule has 0 unspecified atom stereocenters. The molecular weight excluding hydrogens is 368 g/mol. The quantitative estimate of drug-likeness (QED) is 0.775. The third-order valence-corrected chi connectivity index (χ3v) is 5.50. The molecule has 1 atom stereocenters. The highest BCUT2D eigenvalue weighted by molar-refractivity contribution is 6.29. The number of likely N-dealkylation sites (tertiary alicyclic amines) is 1. The van der Waals surface area contributed by atoms with Crippen molar-refractivity contribution in [1.29, 1.82) is 0 Å². The highest BCUT2D eigenvalue weighted by Crippen LogP contribution is 2.37. The number of ether oxygens (including phenoxy) is 2. The second-order valence-electron chi connectivity index (χ2n) is 7.71. The minimum absolute atomic E-state index is 0.0527. The summed E-state index contributed by atoms with van der Waals surface area (Å²) >= 11 is 5.76. The van der Waals surface area contributed by atoms with Gasteiger partial charge >= 0.3 is 0 Å². The first-order valence-corrected chi connectivity index (χ1v) is 9.66. The van der Waals surface area contributed by atoms with E-state index in [1.54, 1.807) is 6.07 Å². The van der Waals surface area contributed by atoms with Crippen LogP contribution in [0.25, 0.3) is 0 Å². The van der Waals surface area contributed by atoms with Crippen LogP contribution in [0, 0.1) is 5.41 Å². The molecule has 1 amide bonds. The fourth-order valence-corrected chi connectivity index (χ4v) is 4.17. The lowest BCUT2D eigenvalue weighted by Crippen LogP contribution is -2.45. The number of carbonyl (C=O) groups excluding carboxylic acids is 1. The summed E-state index contributed by atoms with van der Waals surface area (Å²) in [5.41, 5.74) is 1.27. The normalized spacial score (nSPS) is 21.5. The first-order chi connectivity index (χ1) is 13.0. The summed E-state index contributed by atoms with van der Waals surface area (Å²) < 4.78 is 16.0. The zero-order chi connectivity index (χ0) is 18.9. The lowest BCUT2D eigenvalue weighted by molar-refractivity contribution is -0.134. The van der Waals surface area contributed by atoms with Gasteiger partial charge in [-0.05, 0) is 42.4 Å². The van der Waals surface area contributed by atoms with Gasteiger partial charge in [0.2, 0.25) is 12.7 Å². The number of carbonyl (C=O) groups is 1. The van der Waals surface area contributed by atoms with E-state index in [2.05, 4.69) is 24.2 Å². The maximum absolute atomic E-state index is 12.7. The summed E-state index contributed by atoms with van der Waals surface area (Å²) in [6, 6.07) is 7.78. The maximum Gasteiger partial charge on any atom is 0.231 e. The van der Waals surface area contributed by atoms with Crippen molar-refractivity contribution >= 4 is 17.5 Å². The molecule has 1 aromatic carbocycles. The van der Waals surface area contributed by atoms with Gasteiger partial charge in [-0.2, -0.15) is 0 Å². The van der Waals surface area contributed by atoms with Crippen LogP contribution in [0.1, 0.15) is 37.5 Å². The fraction of sp³-hybridized carbons (Fsp3) is 0.500. The minimum atomic E-state index is 0.0527. The van der Waals surface area contributed by atoms with Crippen molar-refractivity contribution in [3.05, 3.63) is 40.7 Å². The van der Waals surface area contributed by atoms with Gasteiger partial charge in [-0.15, -0.1) is 0 Å². The summed E-state index contributed by atoms with van der Waals surface area (Å²) in [7, 11) is 0. The van der Waals surface area contributed by atoms with Crippen LogP contribution in [-0.2, 0) is 17.6 Å². The van der Waals surface area contributed by atoms with E-state index in [4.69, 9.17) is 25.6 Å². The summed E-state index contributed by atoms with van der Waals surface area (Å²) in [4.78, 5) is 14.6. The molecule has 144 valence electrons. The number of hydrogen-bond donors (Lipinski definition) is 0. The predicted octanol–water partition coefficient (Wildman–Crippen LogP) is 3.86. The third-order valence-electron chi connectivity index (χ3n) is 5.32. The van der Waals surface area contributed by atoms with E-state index in [0.29, 0.717) is 23.8 Å². The number of aryl methyl sites for hydroxylation is 1. The zero-order valence-corrected chi connectivity index (χ0v) is 16.1. The zero-order valence-electron chi connectivity index (χ0n) is 15.4. The minimum Gasteiger partial charge on any atom is -0.454 e. The summed E-state index contributed by atoms with van der Waals surface area (Å²) in [6.45, 7) is 4.12. The van der Waals surface area contributed by atoms with Crippen LogP contribution in [-0.4, -0.2) is 35.8 Å². The van der Waals surface area contributed by atoms with Crippen LogP contribution in [0.2, 0.25) is 5.15 Å². The largest absolute Gasteiger partial charge is 0.454 e. The van der Waals surface area contributed by atoms with Crippen LogP contribution in [0.3, 0.4) is 0 Å². The molecule has 0 N–H and O–H groups in total. The number of nitrogens with zero attached hydrogens (tertiary/aromatic N) is 2. The molecule has 1 saturated heterocycles. The highest BCUT2D eigenvalue weighted by Gasteiger charge is 2.33. The Balaban J connectivity index is 1.36. The Morgan fingerprint density at radius 3 is 2.96 bits per heavy atom. The van der Waals surface area contributed by atoms with E-state index >= 15 is 0 Å². The second kappa shape index (κ2) is 7.43. The summed E-state index contributed by atoms with van der Waals surface area (Å²) in [5, 5.41) is 3.97. The van der Waals surface area contributed by atoms with E-state index in [1.807, 2.05) is 11.0 Å². The predicted molar refractivity (Wildman–Crippen MR) is 100 cm³/mol. The Morgan fingerprint density at radius 2 is 2.15 bits per heavy atom. The van der Waals surface area contributed by atoms with Gasteiger partial charge in [0.05, 0.1) is 0 Å². The van der Waals surface area contributed by atoms with E-state index in [9.17, 15) is 4.79 Å². The first kappa shape index (κ1) is 18.2. The molecule has 0 saturated carbocycles. The van der Waals surface area contributed by atoms with Crippen molar-refractivity contribution in [3.8, 4) is 11.5 Å². The van der Waals surface area contributed by atoms with Gasteiger partial charge in [0, 0.05) is 32.0 Å². The van der Waals surface area contributed by atoms with Gasteiger partial charge in [0.1, 0.15) is 5.76 Å². The summed E-state index contributed by atoms with van der Waals surface area (Å²) in [6.07, 6.45) is 3.95.